The molecular formula is C27H39N3O4S. The Morgan fingerprint density at radius 3 is 2.86 bits per heavy atom. The van der Waals surface area contributed by atoms with Crippen molar-refractivity contribution < 1.29 is 19.4 Å². The highest BCUT2D eigenvalue weighted by Crippen LogP contribution is 2.48. The van der Waals surface area contributed by atoms with E-state index in [1.807, 2.05) is 12.3 Å². The number of amides is 1. The molecule has 2 fully saturated rings. The van der Waals surface area contributed by atoms with Gasteiger partial charge in [0.1, 0.15) is 10.6 Å². The van der Waals surface area contributed by atoms with Gasteiger partial charge in [0.2, 0.25) is 5.91 Å². The fourth-order valence-corrected chi connectivity index (χ4v) is 7.65. The third-order valence-electron chi connectivity index (χ3n) is 8.38. The van der Waals surface area contributed by atoms with Gasteiger partial charge in [-0.1, -0.05) is 6.92 Å². The van der Waals surface area contributed by atoms with Gasteiger partial charge in [-0.05, 0) is 68.9 Å². The van der Waals surface area contributed by atoms with Crippen LogP contribution in [0.3, 0.4) is 0 Å². The summed E-state index contributed by atoms with van der Waals surface area (Å²) in [6, 6.07) is 2.02. The van der Waals surface area contributed by atoms with Crippen LogP contribution < -0.4 is 10.1 Å². The van der Waals surface area contributed by atoms with Gasteiger partial charge in [0.05, 0.1) is 24.7 Å². The largest absolute Gasteiger partial charge is 0.490 e. The number of nitrogens with one attached hydrogen (secondary N) is 1. The van der Waals surface area contributed by atoms with E-state index < -0.39 is 0 Å². The van der Waals surface area contributed by atoms with Gasteiger partial charge >= 0.3 is 0 Å². The summed E-state index contributed by atoms with van der Waals surface area (Å²) in [5.74, 6) is 1.22. The van der Waals surface area contributed by atoms with Gasteiger partial charge in [-0.3, -0.25) is 9.69 Å². The van der Waals surface area contributed by atoms with Gasteiger partial charge in [-0.25, -0.2) is 4.98 Å². The summed E-state index contributed by atoms with van der Waals surface area (Å²) in [6.45, 7) is 6.74. The van der Waals surface area contributed by atoms with E-state index in [9.17, 15) is 4.79 Å². The van der Waals surface area contributed by atoms with Crippen molar-refractivity contribution in [2.45, 2.75) is 82.3 Å². The predicted molar refractivity (Wildman–Crippen MR) is 138 cm³/mol. The van der Waals surface area contributed by atoms with Gasteiger partial charge in [-0.15, -0.1) is 11.3 Å². The van der Waals surface area contributed by atoms with Crippen molar-refractivity contribution in [3.63, 3.8) is 0 Å². The van der Waals surface area contributed by atoms with Crippen LogP contribution in [0.1, 0.15) is 74.6 Å². The summed E-state index contributed by atoms with van der Waals surface area (Å²) in [6.07, 6.45) is 10.8. The Hall–Kier alpha value is -1.74. The molecule has 192 valence electrons. The van der Waals surface area contributed by atoms with Crippen LogP contribution in [0.2, 0.25) is 0 Å². The van der Waals surface area contributed by atoms with Crippen molar-refractivity contribution in [3.8, 4) is 5.75 Å². The third kappa shape index (κ3) is 5.22. The molecule has 0 bridgehead atoms. The van der Waals surface area contributed by atoms with Crippen LogP contribution in [0, 0.1) is 0 Å². The number of hydrogen-bond donors (Lipinski definition) is 2. The molecule has 2 aromatic heterocycles. The van der Waals surface area contributed by atoms with Crippen LogP contribution in [0.15, 0.2) is 12.3 Å². The van der Waals surface area contributed by atoms with Crippen LogP contribution in [-0.2, 0) is 16.0 Å². The Labute approximate surface area is 212 Å². The van der Waals surface area contributed by atoms with E-state index in [1.165, 1.54) is 29.7 Å². The third-order valence-corrected chi connectivity index (χ3v) is 9.55. The van der Waals surface area contributed by atoms with Crippen LogP contribution in [0.25, 0.3) is 10.2 Å². The minimum atomic E-state index is 0.0632. The van der Waals surface area contributed by atoms with Crippen LogP contribution in [-0.4, -0.2) is 72.0 Å². The highest BCUT2D eigenvalue weighted by Gasteiger charge is 2.40. The van der Waals surface area contributed by atoms with E-state index in [0.29, 0.717) is 19.4 Å². The number of fused-ring (bicyclic) bond motifs is 3. The van der Waals surface area contributed by atoms with E-state index >= 15 is 0 Å². The summed E-state index contributed by atoms with van der Waals surface area (Å²) >= 11 is 1.76. The second-order valence-corrected chi connectivity index (χ2v) is 11.4. The Balaban J connectivity index is 1.29. The molecule has 35 heavy (non-hydrogen) atoms. The molecule has 0 unspecified atom stereocenters. The minimum Gasteiger partial charge on any atom is -0.490 e. The second kappa shape index (κ2) is 11.1. The Bertz CT molecular complexity index is 1010. The first-order chi connectivity index (χ1) is 17.1. The fraction of sp³-hybridized carbons (Fsp3) is 0.704. The molecule has 1 atom stereocenters. The van der Waals surface area contributed by atoms with E-state index in [1.54, 1.807) is 11.3 Å². The van der Waals surface area contributed by atoms with E-state index in [-0.39, 0.29) is 30.1 Å². The Kier molecular flexibility index (Phi) is 7.92. The standard InChI is InChI=1S/C27H39N3O4S/c1-2-27(30-13-16-33-17-14-30)9-6-20(7-10-27)34-21-8-12-29-26-25(21)24-19(4-5-22(24)35-26)18-23(32)28-11-3-15-31/h8,12,19-20,31H,2-7,9-11,13-18H2,1H3,(H,28,32)/t19-,20-,27-/m1/s1. The molecule has 1 saturated carbocycles. The van der Waals surface area contributed by atoms with Crippen molar-refractivity contribution in [2.24, 2.45) is 0 Å². The average Bonchev–Trinajstić information content (AvgIpc) is 3.45. The number of aliphatic hydroxyl groups excluding tert-OH is 1. The van der Waals surface area contributed by atoms with Crippen molar-refractivity contribution in [2.75, 3.05) is 39.5 Å². The molecule has 1 amide bonds. The Morgan fingerprint density at radius 2 is 2.11 bits per heavy atom. The molecule has 2 N–H and O–H groups in total. The van der Waals surface area contributed by atoms with Crippen LogP contribution in [0.4, 0.5) is 0 Å². The SMILES string of the molecule is CC[C@]1(N2CCOCC2)CC[C@H](Oc2ccnc3sc4c(c23)[C@@H](CC(=O)NCCCO)CC4)CC1. The highest BCUT2D eigenvalue weighted by atomic mass is 32.1. The van der Waals surface area contributed by atoms with Crippen molar-refractivity contribution in [1.82, 2.24) is 15.2 Å². The van der Waals surface area contributed by atoms with E-state index in [2.05, 4.69) is 22.1 Å². The monoisotopic (exact) mass is 501 g/mol. The summed E-state index contributed by atoms with van der Waals surface area (Å²) in [5, 5.41) is 13.1. The van der Waals surface area contributed by atoms with Crippen LogP contribution >= 0.6 is 11.3 Å². The number of pyridine rings is 1. The molecule has 8 heteroatoms. The lowest BCUT2D eigenvalue weighted by atomic mass is 9.77. The highest BCUT2D eigenvalue weighted by molar-refractivity contribution is 7.19. The number of hydrogen-bond acceptors (Lipinski definition) is 7. The van der Waals surface area contributed by atoms with Gasteiger partial charge in [-0.2, -0.15) is 0 Å². The van der Waals surface area contributed by atoms with Gasteiger partial charge in [0, 0.05) is 49.3 Å². The normalized spacial score (nSPS) is 27.1. The molecule has 0 aromatic carbocycles. The molecule has 7 nitrogen and oxygen atoms in total. The first kappa shape index (κ1) is 24.9. The smallest absolute Gasteiger partial charge is 0.220 e. The average molecular weight is 502 g/mol. The number of carbonyl (C=O) groups is 1. The minimum absolute atomic E-state index is 0.0632. The predicted octanol–water partition coefficient (Wildman–Crippen LogP) is 4.02. The lowest BCUT2D eigenvalue weighted by Crippen LogP contribution is -2.55. The quantitative estimate of drug-likeness (QED) is 0.505. The zero-order valence-electron chi connectivity index (χ0n) is 20.9. The number of rotatable bonds is 9. The number of thiophene rings is 1. The lowest BCUT2D eigenvalue weighted by Gasteiger charge is -2.49. The maximum Gasteiger partial charge on any atom is 0.220 e. The molecule has 5 rings (SSSR count). The number of aromatic nitrogens is 1. The number of aliphatic hydroxyl groups is 1. The Morgan fingerprint density at radius 1 is 1.31 bits per heavy atom. The molecule has 0 spiro atoms. The van der Waals surface area contributed by atoms with E-state index in [4.69, 9.17) is 14.6 Å². The van der Waals surface area contributed by atoms with Gasteiger partial charge < -0.3 is 19.9 Å². The first-order valence-electron chi connectivity index (χ1n) is 13.4. The molecule has 1 aliphatic heterocycles. The molecule has 3 heterocycles. The molecule has 2 aromatic rings. The summed E-state index contributed by atoms with van der Waals surface area (Å²) in [5.41, 5.74) is 1.58. The maximum absolute atomic E-state index is 12.5. The van der Waals surface area contributed by atoms with Crippen molar-refractivity contribution in [1.29, 1.82) is 0 Å². The molecule has 1 saturated heterocycles. The molecule has 2 aliphatic carbocycles. The number of carbonyl (C=O) groups excluding carboxylic acids is 1. The number of ether oxygens (including phenoxy) is 2. The van der Waals surface area contributed by atoms with Gasteiger partial charge in [0.15, 0.2) is 0 Å². The van der Waals surface area contributed by atoms with Crippen molar-refractivity contribution >= 4 is 27.5 Å². The van der Waals surface area contributed by atoms with Crippen molar-refractivity contribution in [3.05, 3.63) is 22.7 Å². The zero-order chi connectivity index (χ0) is 24.3. The maximum atomic E-state index is 12.5. The van der Waals surface area contributed by atoms with Gasteiger partial charge in [0.25, 0.3) is 0 Å². The molecule has 3 aliphatic rings. The number of nitrogens with zero attached hydrogens (tertiary/aromatic N) is 2. The molecular weight excluding hydrogens is 462 g/mol. The van der Waals surface area contributed by atoms with Crippen LogP contribution in [0.5, 0.6) is 5.75 Å². The summed E-state index contributed by atoms with van der Waals surface area (Å²) in [4.78, 5) is 22.2. The topological polar surface area (TPSA) is 83.9 Å². The number of morpholine rings is 1. The number of aryl methyl sites for hydroxylation is 1. The van der Waals surface area contributed by atoms with E-state index in [0.717, 1.165) is 68.0 Å². The zero-order valence-corrected chi connectivity index (χ0v) is 21.7. The lowest BCUT2D eigenvalue weighted by molar-refractivity contribution is -0.121. The second-order valence-electron chi connectivity index (χ2n) is 10.3. The fourth-order valence-electron chi connectivity index (χ4n) is 6.39. The first-order valence-corrected chi connectivity index (χ1v) is 14.2. The summed E-state index contributed by atoms with van der Waals surface area (Å²) < 4.78 is 12.3. The molecule has 0 radical (unpaired) electrons. The summed E-state index contributed by atoms with van der Waals surface area (Å²) in [7, 11) is 0.